The number of carboxylic acid groups (broad SMARTS) is 1. The van der Waals surface area contributed by atoms with Gasteiger partial charge in [-0.1, -0.05) is 13.8 Å². The monoisotopic (exact) mass is 339 g/mol. The highest BCUT2D eigenvalue weighted by atomic mass is 16.4. The summed E-state index contributed by atoms with van der Waals surface area (Å²) in [6.07, 6.45) is 6.37. The van der Waals surface area contributed by atoms with E-state index in [0.29, 0.717) is 17.9 Å². The first-order valence-corrected chi connectivity index (χ1v) is 9.26. The molecule has 2 aliphatic rings. The molecule has 1 heterocycles. The average molecular weight is 339 g/mol. The van der Waals surface area contributed by atoms with Gasteiger partial charge in [0.15, 0.2) is 0 Å². The molecule has 1 unspecified atom stereocenters. The second-order valence-corrected chi connectivity index (χ2v) is 8.14. The van der Waals surface area contributed by atoms with E-state index in [0.717, 1.165) is 32.4 Å². The second kappa shape index (κ2) is 8.19. The van der Waals surface area contributed by atoms with Crippen molar-refractivity contribution in [2.75, 3.05) is 33.2 Å². The molecular formula is C18H33N3O3. The van der Waals surface area contributed by atoms with Crippen LogP contribution in [0.25, 0.3) is 0 Å². The first kappa shape index (κ1) is 19.0. The summed E-state index contributed by atoms with van der Waals surface area (Å²) in [4.78, 5) is 27.1. The number of carbonyl (C=O) groups excluding carboxylic acids is 1. The van der Waals surface area contributed by atoms with Crippen molar-refractivity contribution in [1.29, 1.82) is 0 Å². The molecule has 0 aromatic carbocycles. The zero-order chi connectivity index (χ0) is 17.7. The minimum Gasteiger partial charge on any atom is -0.480 e. The van der Waals surface area contributed by atoms with Crippen LogP contribution in [-0.4, -0.2) is 66.2 Å². The number of aliphatic carboxylic acids is 1. The van der Waals surface area contributed by atoms with Crippen LogP contribution in [0.15, 0.2) is 0 Å². The van der Waals surface area contributed by atoms with Gasteiger partial charge in [0.2, 0.25) is 0 Å². The molecule has 6 heteroatoms. The maximum absolute atomic E-state index is 12.5. The standard InChI is InChI=1S/C18H33N3O3/c1-14(2)11-18(7-8-18)13-19-17(24)21-9-4-5-15(6-10-21)20(3)12-16(22)23/h14-15H,4-13H2,1-3H3,(H,19,24)(H,22,23). The maximum Gasteiger partial charge on any atom is 0.317 e. The number of likely N-dealkylation sites (tertiary alicyclic amines) is 1. The molecule has 2 amide bonds. The Morgan fingerprint density at radius 2 is 2.00 bits per heavy atom. The summed E-state index contributed by atoms with van der Waals surface area (Å²) in [6.45, 7) is 6.81. The van der Waals surface area contributed by atoms with Gasteiger partial charge in [0.1, 0.15) is 0 Å². The van der Waals surface area contributed by atoms with E-state index in [2.05, 4.69) is 19.2 Å². The van der Waals surface area contributed by atoms with Crippen molar-refractivity contribution < 1.29 is 14.7 Å². The number of rotatable bonds is 7. The summed E-state index contributed by atoms with van der Waals surface area (Å²) in [7, 11) is 1.86. The van der Waals surface area contributed by atoms with Crippen molar-refractivity contribution in [3.8, 4) is 0 Å². The third kappa shape index (κ3) is 5.65. The van der Waals surface area contributed by atoms with Gasteiger partial charge in [0.05, 0.1) is 6.54 Å². The Bertz CT molecular complexity index is 449. The average Bonchev–Trinajstić information content (AvgIpc) is 3.26. The highest BCUT2D eigenvalue weighted by Gasteiger charge is 2.43. The Balaban J connectivity index is 1.76. The van der Waals surface area contributed by atoms with Crippen LogP contribution >= 0.6 is 0 Å². The van der Waals surface area contributed by atoms with E-state index in [-0.39, 0.29) is 18.6 Å². The summed E-state index contributed by atoms with van der Waals surface area (Å²) in [5, 5.41) is 12.1. The van der Waals surface area contributed by atoms with Gasteiger partial charge in [0.25, 0.3) is 0 Å². The predicted octanol–water partition coefficient (Wildman–Crippen LogP) is 2.39. The van der Waals surface area contributed by atoms with E-state index in [9.17, 15) is 9.59 Å². The smallest absolute Gasteiger partial charge is 0.317 e. The zero-order valence-corrected chi connectivity index (χ0v) is 15.4. The van der Waals surface area contributed by atoms with Gasteiger partial charge in [-0.25, -0.2) is 4.79 Å². The number of nitrogens with one attached hydrogen (secondary N) is 1. The van der Waals surface area contributed by atoms with Crippen molar-refractivity contribution in [1.82, 2.24) is 15.1 Å². The topological polar surface area (TPSA) is 72.9 Å². The van der Waals surface area contributed by atoms with Crippen LogP contribution < -0.4 is 5.32 Å². The number of nitrogens with zero attached hydrogens (tertiary/aromatic N) is 2. The summed E-state index contributed by atoms with van der Waals surface area (Å²) in [5.41, 5.74) is 0.347. The van der Waals surface area contributed by atoms with E-state index in [1.54, 1.807) is 0 Å². The SMILES string of the molecule is CC(C)CC1(CNC(=O)N2CCCC(N(C)CC(=O)O)CC2)CC1. The van der Waals surface area contributed by atoms with Crippen molar-refractivity contribution in [2.24, 2.45) is 11.3 Å². The molecule has 24 heavy (non-hydrogen) atoms. The maximum atomic E-state index is 12.5. The lowest BCUT2D eigenvalue weighted by molar-refractivity contribution is -0.138. The van der Waals surface area contributed by atoms with Crippen LogP contribution in [0.3, 0.4) is 0 Å². The normalized spacial score (nSPS) is 23.2. The van der Waals surface area contributed by atoms with Crippen LogP contribution in [0.1, 0.15) is 52.4 Å². The van der Waals surface area contributed by atoms with Crippen LogP contribution in [0.2, 0.25) is 0 Å². The Morgan fingerprint density at radius 1 is 1.29 bits per heavy atom. The van der Waals surface area contributed by atoms with Crippen LogP contribution in [0.5, 0.6) is 0 Å². The molecule has 1 saturated heterocycles. The van der Waals surface area contributed by atoms with Gasteiger partial charge in [-0.3, -0.25) is 9.69 Å². The molecule has 0 spiro atoms. The van der Waals surface area contributed by atoms with Gasteiger partial charge in [-0.2, -0.15) is 0 Å². The Kier molecular flexibility index (Phi) is 6.49. The number of hydrogen-bond donors (Lipinski definition) is 2. The fraction of sp³-hybridized carbons (Fsp3) is 0.889. The van der Waals surface area contributed by atoms with Gasteiger partial charge in [-0.15, -0.1) is 0 Å². The molecule has 6 nitrogen and oxygen atoms in total. The van der Waals surface area contributed by atoms with Crippen molar-refractivity contribution in [3.05, 3.63) is 0 Å². The third-order valence-electron chi connectivity index (χ3n) is 5.41. The van der Waals surface area contributed by atoms with E-state index in [1.807, 2.05) is 16.8 Å². The minimum absolute atomic E-state index is 0.0477. The lowest BCUT2D eigenvalue weighted by Crippen LogP contribution is -2.43. The van der Waals surface area contributed by atoms with Crippen LogP contribution in [-0.2, 0) is 4.79 Å². The van der Waals surface area contributed by atoms with Gasteiger partial charge >= 0.3 is 12.0 Å². The number of carboxylic acids is 1. The molecule has 0 aromatic rings. The van der Waals surface area contributed by atoms with E-state index >= 15 is 0 Å². The molecule has 2 N–H and O–H groups in total. The highest BCUT2D eigenvalue weighted by molar-refractivity contribution is 5.74. The molecule has 0 aromatic heterocycles. The predicted molar refractivity (Wildman–Crippen MR) is 94.0 cm³/mol. The highest BCUT2D eigenvalue weighted by Crippen LogP contribution is 2.50. The Hall–Kier alpha value is -1.30. The quantitative estimate of drug-likeness (QED) is 0.747. The molecule has 1 aliphatic heterocycles. The first-order chi connectivity index (χ1) is 11.3. The number of likely N-dealkylation sites (N-methyl/N-ethyl adjacent to an activating group) is 1. The summed E-state index contributed by atoms with van der Waals surface area (Å²) >= 11 is 0. The van der Waals surface area contributed by atoms with Crippen molar-refractivity contribution in [3.63, 3.8) is 0 Å². The van der Waals surface area contributed by atoms with E-state index in [4.69, 9.17) is 5.11 Å². The van der Waals surface area contributed by atoms with Gasteiger partial charge in [0, 0.05) is 25.7 Å². The minimum atomic E-state index is -0.795. The lowest BCUT2D eigenvalue weighted by atomic mass is 9.94. The second-order valence-electron chi connectivity index (χ2n) is 8.14. The molecule has 1 atom stereocenters. The fourth-order valence-corrected chi connectivity index (χ4v) is 3.94. The Morgan fingerprint density at radius 3 is 2.58 bits per heavy atom. The zero-order valence-electron chi connectivity index (χ0n) is 15.4. The first-order valence-electron chi connectivity index (χ1n) is 9.26. The largest absolute Gasteiger partial charge is 0.480 e. The van der Waals surface area contributed by atoms with Crippen LogP contribution in [0.4, 0.5) is 4.79 Å². The molecule has 138 valence electrons. The lowest BCUT2D eigenvalue weighted by Gasteiger charge is -2.26. The molecule has 1 aliphatic carbocycles. The number of carbonyl (C=O) groups is 2. The number of amides is 2. The molecular weight excluding hydrogens is 306 g/mol. The van der Waals surface area contributed by atoms with Crippen molar-refractivity contribution in [2.45, 2.75) is 58.4 Å². The fourth-order valence-electron chi connectivity index (χ4n) is 3.94. The van der Waals surface area contributed by atoms with Gasteiger partial charge < -0.3 is 15.3 Å². The Labute approximate surface area is 145 Å². The molecule has 2 fully saturated rings. The summed E-state index contributed by atoms with van der Waals surface area (Å²) in [6, 6.07) is 0.293. The number of urea groups is 1. The molecule has 0 radical (unpaired) electrons. The molecule has 2 rings (SSSR count). The molecule has 1 saturated carbocycles. The molecule has 0 bridgehead atoms. The summed E-state index contributed by atoms with van der Waals surface area (Å²) < 4.78 is 0. The van der Waals surface area contributed by atoms with Gasteiger partial charge in [-0.05, 0) is 56.9 Å². The third-order valence-corrected chi connectivity index (χ3v) is 5.41. The van der Waals surface area contributed by atoms with Crippen LogP contribution in [0, 0.1) is 11.3 Å². The number of hydrogen-bond acceptors (Lipinski definition) is 3. The van der Waals surface area contributed by atoms with E-state index < -0.39 is 5.97 Å². The van der Waals surface area contributed by atoms with E-state index in [1.165, 1.54) is 19.3 Å². The van der Waals surface area contributed by atoms with Crippen molar-refractivity contribution >= 4 is 12.0 Å². The summed E-state index contributed by atoms with van der Waals surface area (Å²) in [5.74, 6) is -0.121.